The van der Waals surface area contributed by atoms with Crippen molar-refractivity contribution in [3.8, 4) is 0 Å². The van der Waals surface area contributed by atoms with E-state index in [0.717, 1.165) is 38.5 Å². The van der Waals surface area contributed by atoms with E-state index in [1.807, 2.05) is 0 Å². The van der Waals surface area contributed by atoms with Crippen LogP contribution in [0.1, 0.15) is 71.1 Å². The molecule has 2 aliphatic carbocycles. The second-order valence-electron chi connectivity index (χ2n) is 7.23. The highest BCUT2D eigenvalue weighted by atomic mass is 32.2. The molecular weight excluding hydrogens is 328 g/mol. The summed E-state index contributed by atoms with van der Waals surface area (Å²) < 4.78 is 33.5. The Morgan fingerprint density at radius 3 is 2.50 bits per heavy atom. The van der Waals surface area contributed by atoms with Gasteiger partial charge in [0.25, 0.3) is 0 Å². The molecule has 3 N–H and O–H groups in total. The molecule has 2 aliphatic rings. The summed E-state index contributed by atoms with van der Waals surface area (Å²) in [6.07, 6.45) is 8.34. The number of hydrogen-bond donors (Lipinski definition) is 2. The molecule has 0 bridgehead atoms. The quantitative estimate of drug-likeness (QED) is 0.677. The summed E-state index contributed by atoms with van der Waals surface area (Å²) in [6, 6.07) is -0.397. The lowest BCUT2D eigenvalue weighted by Gasteiger charge is -2.33. The van der Waals surface area contributed by atoms with Gasteiger partial charge in [0.15, 0.2) is 0 Å². The van der Waals surface area contributed by atoms with Crippen LogP contribution in [0, 0.1) is 5.92 Å². The lowest BCUT2D eigenvalue weighted by molar-refractivity contribution is -0.144. The number of nitrogens with one attached hydrogen (secondary N) is 1. The van der Waals surface area contributed by atoms with E-state index in [4.69, 9.17) is 10.5 Å². The number of ether oxygens (including phenoxy) is 1. The molecule has 0 amide bonds. The molecule has 2 fully saturated rings. The fourth-order valence-electron chi connectivity index (χ4n) is 4.01. The fraction of sp³-hybridized carbons (Fsp3) is 0.941. The van der Waals surface area contributed by atoms with Gasteiger partial charge in [-0.3, -0.25) is 4.79 Å². The average molecular weight is 361 g/mol. The molecule has 24 heavy (non-hydrogen) atoms. The lowest BCUT2D eigenvalue weighted by atomic mass is 9.83. The molecule has 0 spiro atoms. The third-order valence-electron chi connectivity index (χ3n) is 5.33. The molecule has 6 nitrogen and oxygen atoms in total. The zero-order valence-corrected chi connectivity index (χ0v) is 15.5. The van der Waals surface area contributed by atoms with Gasteiger partial charge in [-0.15, -0.1) is 0 Å². The molecule has 0 heterocycles. The molecule has 0 aromatic carbocycles. The third-order valence-corrected chi connectivity index (χ3v) is 7.27. The summed E-state index contributed by atoms with van der Waals surface area (Å²) in [7, 11) is -3.46. The number of carbonyl (C=O) groups is 1. The second-order valence-corrected chi connectivity index (χ2v) is 9.22. The smallest absolute Gasteiger partial charge is 0.307 e. The molecular formula is C17H32N2O4S. The van der Waals surface area contributed by atoms with E-state index in [1.54, 1.807) is 6.92 Å². The van der Waals surface area contributed by atoms with Crippen LogP contribution in [0.2, 0.25) is 0 Å². The maximum Gasteiger partial charge on any atom is 0.307 e. The van der Waals surface area contributed by atoms with Crippen LogP contribution in [0.3, 0.4) is 0 Å². The van der Waals surface area contributed by atoms with Crippen molar-refractivity contribution < 1.29 is 17.9 Å². The Balaban J connectivity index is 2.05. The Bertz CT molecular complexity index is 503. The zero-order valence-electron chi connectivity index (χ0n) is 14.7. The van der Waals surface area contributed by atoms with Gasteiger partial charge in [0.1, 0.15) is 0 Å². The summed E-state index contributed by atoms with van der Waals surface area (Å²) in [6.45, 7) is 2.08. The van der Waals surface area contributed by atoms with Crippen LogP contribution in [0.4, 0.5) is 0 Å². The molecule has 2 saturated carbocycles. The minimum atomic E-state index is -3.46. The first-order chi connectivity index (χ1) is 11.4. The molecule has 0 aromatic rings. The second kappa shape index (κ2) is 9.15. The molecule has 0 radical (unpaired) electrons. The van der Waals surface area contributed by atoms with Gasteiger partial charge in [-0.25, -0.2) is 13.1 Å². The van der Waals surface area contributed by atoms with Crippen LogP contribution in [0.5, 0.6) is 0 Å². The topological polar surface area (TPSA) is 98.5 Å². The van der Waals surface area contributed by atoms with Crippen LogP contribution in [0.15, 0.2) is 0 Å². The normalized spacial score (nSPS) is 27.6. The lowest BCUT2D eigenvalue weighted by Crippen LogP contribution is -2.48. The van der Waals surface area contributed by atoms with Gasteiger partial charge < -0.3 is 10.5 Å². The van der Waals surface area contributed by atoms with E-state index in [2.05, 4.69) is 4.72 Å². The predicted octanol–water partition coefficient (Wildman–Crippen LogP) is 2.08. The Morgan fingerprint density at radius 1 is 1.17 bits per heavy atom. The van der Waals surface area contributed by atoms with E-state index in [9.17, 15) is 13.2 Å². The Morgan fingerprint density at radius 2 is 1.88 bits per heavy atom. The van der Waals surface area contributed by atoms with Crippen molar-refractivity contribution in [2.45, 2.75) is 88.5 Å². The van der Waals surface area contributed by atoms with Gasteiger partial charge in [0, 0.05) is 12.1 Å². The number of nitrogens with two attached hydrogens (primary N) is 1. The minimum Gasteiger partial charge on any atom is -0.466 e. The molecule has 0 aliphatic heterocycles. The van der Waals surface area contributed by atoms with Crippen LogP contribution in [-0.2, 0) is 19.6 Å². The zero-order chi connectivity index (χ0) is 17.6. The maximum atomic E-state index is 12.8. The highest BCUT2D eigenvalue weighted by Gasteiger charge is 2.35. The Hall–Kier alpha value is -0.660. The van der Waals surface area contributed by atoms with Crippen LogP contribution >= 0.6 is 0 Å². The monoisotopic (exact) mass is 360 g/mol. The number of hydrogen-bond acceptors (Lipinski definition) is 5. The van der Waals surface area contributed by atoms with Gasteiger partial charge in [0.2, 0.25) is 10.0 Å². The van der Waals surface area contributed by atoms with Gasteiger partial charge >= 0.3 is 5.97 Å². The third kappa shape index (κ3) is 5.70. The minimum absolute atomic E-state index is 0.0430. The van der Waals surface area contributed by atoms with E-state index in [1.165, 1.54) is 6.42 Å². The summed E-state index contributed by atoms with van der Waals surface area (Å²) in [5.74, 6) is -0.105. The first-order valence-electron chi connectivity index (χ1n) is 9.34. The van der Waals surface area contributed by atoms with Gasteiger partial charge in [-0.1, -0.05) is 25.7 Å². The molecule has 140 valence electrons. The van der Waals surface area contributed by atoms with E-state index < -0.39 is 15.3 Å². The largest absolute Gasteiger partial charge is 0.466 e. The van der Waals surface area contributed by atoms with Crippen molar-refractivity contribution in [1.29, 1.82) is 0 Å². The Labute approximate surface area is 145 Å². The van der Waals surface area contributed by atoms with Crippen LogP contribution in [-0.4, -0.2) is 38.3 Å². The predicted molar refractivity (Wildman–Crippen MR) is 93.9 cm³/mol. The molecule has 0 aromatic heterocycles. The van der Waals surface area contributed by atoms with Crippen molar-refractivity contribution in [1.82, 2.24) is 4.72 Å². The van der Waals surface area contributed by atoms with Crippen LogP contribution < -0.4 is 10.5 Å². The van der Waals surface area contributed by atoms with Crippen molar-refractivity contribution >= 4 is 16.0 Å². The van der Waals surface area contributed by atoms with Crippen molar-refractivity contribution in [3.63, 3.8) is 0 Å². The summed E-state index contributed by atoms with van der Waals surface area (Å²) in [4.78, 5) is 11.9. The first-order valence-corrected chi connectivity index (χ1v) is 10.9. The Kier molecular flexibility index (Phi) is 7.50. The highest BCUT2D eigenvalue weighted by molar-refractivity contribution is 7.90. The highest BCUT2D eigenvalue weighted by Crippen LogP contribution is 2.30. The number of rotatable bonds is 7. The van der Waals surface area contributed by atoms with Crippen molar-refractivity contribution in [3.05, 3.63) is 0 Å². The number of sulfonamides is 1. The van der Waals surface area contributed by atoms with Crippen LogP contribution in [0.25, 0.3) is 0 Å². The van der Waals surface area contributed by atoms with E-state index in [-0.39, 0.29) is 30.4 Å². The average Bonchev–Trinajstić information content (AvgIpc) is 2.55. The van der Waals surface area contributed by atoms with E-state index >= 15 is 0 Å². The maximum absolute atomic E-state index is 12.8. The summed E-state index contributed by atoms with van der Waals surface area (Å²) >= 11 is 0. The van der Waals surface area contributed by atoms with Crippen molar-refractivity contribution in [2.75, 3.05) is 6.61 Å². The fourth-order valence-corrected chi connectivity index (χ4v) is 5.88. The molecule has 2 rings (SSSR count). The SMILES string of the molecule is CCOC(=O)CC(NS(=O)(=O)C1CCCC(N)C1)C1CCCCC1. The van der Waals surface area contributed by atoms with Gasteiger partial charge in [0.05, 0.1) is 18.3 Å². The molecule has 0 saturated heterocycles. The first kappa shape index (κ1) is 19.7. The molecule has 7 heteroatoms. The number of esters is 1. The van der Waals surface area contributed by atoms with E-state index in [0.29, 0.717) is 19.4 Å². The molecule has 3 atom stereocenters. The summed E-state index contributed by atoms with van der Waals surface area (Å²) in [5, 5.41) is -0.436. The molecule has 3 unspecified atom stereocenters. The summed E-state index contributed by atoms with van der Waals surface area (Å²) in [5.41, 5.74) is 5.95. The van der Waals surface area contributed by atoms with Gasteiger partial charge in [-0.2, -0.15) is 0 Å². The van der Waals surface area contributed by atoms with Gasteiger partial charge in [-0.05, 0) is 44.9 Å². The number of carbonyl (C=O) groups excluding carboxylic acids is 1. The van der Waals surface area contributed by atoms with Crippen molar-refractivity contribution in [2.24, 2.45) is 11.7 Å². The standard InChI is InChI=1S/C17H32N2O4S/c1-2-23-17(20)12-16(13-7-4-3-5-8-13)19-24(21,22)15-10-6-9-14(18)11-15/h13-16,19H,2-12,18H2,1H3.